The SMILES string of the molecule is Cc1c(-c2cc(=O)[nH]s2)sc2nc(Cc3ccc(Cl)c(Cl)c3)[nH]c(=O)c12. The Morgan fingerprint density at radius 3 is 2.65 bits per heavy atom. The highest BCUT2D eigenvalue weighted by molar-refractivity contribution is 7.24. The first-order chi connectivity index (χ1) is 12.4. The van der Waals surface area contributed by atoms with E-state index in [0.29, 0.717) is 32.5 Å². The van der Waals surface area contributed by atoms with Gasteiger partial charge < -0.3 is 4.98 Å². The van der Waals surface area contributed by atoms with Crippen molar-refractivity contribution in [2.24, 2.45) is 0 Å². The van der Waals surface area contributed by atoms with Crippen molar-refractivity contribution >= 4 is 56.3 Å². The lowest BCUT2D eigenvalue weighted by molar-refractivity contribution is 0.976. The fourth-order valence-corrected chi connectivity index (χ4v) is 5.11. The van der Waals surface area contributed by atoms with Gasteiger partial charge in [0.25, 0.3) is 11.1 Å². The first kappa shape index (κ1) is 17.5. The molecule has 9 heteroatoms. The number of fused-ring (bicyclic) bond motifs is 1. The molecule has 0 saturated heterocycles. The minimum atomic E-state index is -0.187. The van der Waals surface area contributed by atoms with Crippen molar-refractivity contribution in [1.82, 2.24) is 14.3 Å². The molecule has 4 rings (SSSR count). The summed E-state index contributed by atoms with van der Waals surface area (Å²) in [4.78, 5) is 33.8. The molecule has 0 saturated carbocycles. The number of halogens is 2. The fraction of sp³-hybridized carbons (Fsp3) is 0.118. The molecule has 0 aliphatic heterocycles. The minimum Gasteiger partial charge on any atom is -0.310 e. The van der Waals surface area contributed by atoms with Crippen molar-refractivity contribution in [2.75, 3.05) is 0 Å². The maximum atomic E-state index is 12.6. The molecule has 0 bridgehead atoms. The summed E-state index contributed by atoms with van der Waals surface area (Å²) in [5.74, 6) is 0.552. The molecule has 0 spiro atoms. The standard InChI is InChI=1S/C17H11Cl2N3O2S2/c1-7-14-16(24)20-12(5-8-2-3-9(18)10(19)4-8)21-17(14)25-15(7)11-6-13(23)22-26-11/h2-4,6H,5H2,1H3,(H,22,23)(H,20,21,24). The molecule has 0 aliphatic rings. The predicted octanol–water partition coefficient (Wildman–Crippen LogP) is 4.61. The molecule has 132 valence electrons. The van der Waals surface area contributed by atoms with E-state index in [-0.39, 0.29) is 11.1 Å². The summed E-state index contributed by atoms with van der Waals surface area (Å²) >= 11 is 14.7. The number of nitrogens with one attached hydrogen (secondary N) is 2. The van der Waals surface area contributed by atoms with Gasteiger partial charge in [-0.3, -0.25) is 14.0 Å². The highest BCUT2D eigenvalue weighted by Crippen LogP contribution is 2.36. The van der Waals surface area contributed by atoms with Gasteiger partial charge in [-0.05, 0) is 30.2 Å². The average molecular weight is 424 g/mol. The third-order valence-corrected chi connectivity index (χ3v) is 6.89. The van der Waals surface area contributed by atoms with E-state index >= 15 is 0 Å². The van der Waals surface area contributed by atoms with Crippen LogP contribution < -0.4 is 11.1 Å². The number of aromatic nitrogens is 3. The highest BCUT2D eigenvalue weighted by atomic mass is 35.5. The van der Waals surface area contributed by atoms with Crippen LogP contribution in [0.3, 0.4) is 0 Å². The van der Waals surface area contributed by atoms with Crippen molar-refractivity contribution in [3.8, 4) is 9.75 Å². The Hall–Kier alpha value is -1.93. The lowest BCUT2D eigenvalue weighted by Crippen LogP contribution is -2.11. The number of H-pyrrole nitrogens is 2. The van der Waals surface area contributed by atoms with Crippen LogP contribution in [0.15, 0.2) is 33.9 Å². The summed E-state index contributed by atoms with van der Waals surface area (Å²) in [7, 11) is 0. The number of aromatic amines is 2. The van der Waals surface area contributed by atoms with E-state index in [1.54, 1.807) is 12.1 Å². The van der Waals surface area contributed by atoms with E-state index in [2.05, 4.69) is 14.3 Å². The summed E-state index contributed by atoms with van der Waals surface area (Å²) in [5.41, 5.74) is 1.39. The fourth-order valence-electron chi connectivity index (χ4n) is 2.75. The van der Waals surface area contributed by atoms with Crippen molar-refractivity contribution in [2.45, 2.75) is 13.3 Å². The van der Waals surface area contributed by atoms with Gasteiger partial charge in [-0.2, -0.15) is 0 Å². The number of aryl methyl sites for hydroxylation is 1. The number of nitrogens with zero attached hydrogens (tertiary/aromatic N) is 1. The predicted molar refractivity (Wildman–Crippen MR) is 108 cm³/mol. The van der Waals surface area contributed by atoms with Crippen LogP contribution >= 0.6 is 46.1 Å². The molecule has 0 amide bonds. The zero-order valence-electron chi connectivity index (χ0n) is 13.4. The molecular weight excluding hydrogens is 413 g/mol. The molecule has 3 heterocycles. The van der Waals surface area contributed by atoms with E-state index in [1.807, 2.05) is 13.0 Å². The van der Waals surface area contributed by atoms with Crippen LogP contribution in [0.2, 0.25) is 10.0 Å². The Balaban J connectivity index is 1.80. The van der Waals surface area contributed by atoms with Gasteiger partial charge in [0.2, 0.25) is 0 Å². The summed E-state index contributed by atoms with van der Waals surface area (Å²) in [6.07, 6.45) is 0.436. The third kappa shape index (κ3) is 3.12. The lowest BCUT2D eigenvalue weighted by Gasteiger charge is -2.03. The van der Waals surface area contributed by atoms with Gasteiger partial charge in [-0.15, -0.1) is 11.3 Å². The molecule has 26 heavy (non-hydrogen) atoms. The molecule has 0 radical (unpaired) electrons. The molecule has 0 unspecified atom stereocenters. The van der Waals surface area contributed by atoms with Crippen molar-refractivity contribution in [1.29, 1.82) is 0 Å². The molecule has 3 aromatic heterocycles. The Morgan fingerprint density at radius 1 is 1.15 bits per heavy atom. The monoisotopic (exact) mass is 423 g/mol. The van der Waals surface area contributed by atoms with Gasteiger partial charge in [-0.25, -0.2) is 4.98 Å². The number of hydrogen-bond acceptors (Lipinski definition) is 5. The van der Waals surface area contributed by atoms with Crippen LogP contribution in [0.1, 0.15) is 17.0 Å². The van der Waals surface area contributed by atoms with Gasteiger partial charge in [-0.1, -0.05) is 40.8 Å². The minimum absolute atomic E-state index is 0.149. The van der Waals surface area contributed by atoms with Crippen LogP contribution in [0.25, 0.3) is 20.0 Å². The largest absolute Gasteiger partial charge is 0.310 e. The van der Waals surface area contributed by atoms with Gasteiger partial charge in [0.1, 0.15) is 10.7 Å². The molecule has 0 atom stereocenters. The number of thiophene rings is 1. The zero-order valence-corrected chi connectivity index (χ0v) is 16.5. The number of hydrogen-bond donors (Lipinski definition) is 2. The van der Waals surface area contributed by atoms with Gasteiger partial charge in [0.05, 0.1) is 25.2 Å². The van der Waals surface area contributed by atoms with E-state index in [4.69, 9.17) is 23.2 Å². The van der Waals surface area contributed by atoms with Crippen molar-refractivity contribution < 1.29 is 0 Å². The molecule has 1 aromatic carbocycles. The van der Waals surface area contributed by atoms with E-state index in [0.717, 1.165) is 20.9 Å². The Bertz CT molecular complexity index is 1250. The van der Waals surface area contributed by atoms with E-state index < -0.39 is 0 Å². The van der Waals surface area contributed by atoms with Crippen molar-refractivity contribution in [3.63, 3.8) is 0 Å². The Kier molecular flexibility index (Phi) is 4.48. The molecule has 0 aliphatic carbocycles. The maximum absolute atomic E-state index is 12.6. The lowest BCUT2D eigenvalue weighted by atomic mass is 10.1. The van der Waals surface area contributed by atoms with E-state index in [1.165, 1.54) is 28.9 Å². The van der Waals surface area contributed by atoms with Crippen LogP contribution in [0.5, 0.6) is 0 Å². The molecule has 5 nitrogen and oxygen atoms in total. The van der Waals surface area contributed by atoms with Crippen LogP contribution in [-0.2, 0) is 6.42 Å². The summed E-state index contributed by atoms with van der Waals surface area (Å²) in [5, 5.41) is 1.50. The van der Waals surface area contributed by atoms with Gasteiger partial charge >= 0.3 is 0 Å². The Morgan fingerprint density at radius 2 is 1.96 bits per heavy atom. The maximum Gasteiger partial charge on any atom is 0.259 e. The summed E-state index contributed by atoms with van der Waals surface area (Å²) < 4.78 is 2.67. The molecular formula is C17H11Cl2N3O2S2. The summed E-state index contributed by atoms with van der Waals surface area (Å²) in [6.45, 7) is 1.87. The van der Waals surface area contributed by atoms with E-state index in [9.17, 15) is 9.59 Å². The first-order valence-electron chi connectivity index (χ1n) is 7.57. The first-order valence-corrected chi connectivity index (χ1v) is 9.96. The quantitative estimate of drug-likeness (QED) is 0.504. The van der Waals surface area contributed by atoms with Crippen LogP contribution in [0, 0.1) is 6.92 Å². The topological polar surface area (TPSA) is 78.6 Å². The summed E-state index contributed by atoms with van der Waals surface area (Å²) in [6, 6.07) is 6.86. The second kappa shape index (κ2) is 6.66. The number of benzene rings is 1. The van der Waals surface area contributed by atoms with Crippen LogP contribution in [-0.4, -0.2) is 14.3 Å². The van der Waals surface area contributed by atoms with Crippen LogP contribution in [0.4, 0.5) is 0 Å². The molecule has 2 N–H and O–H groups in total. The normalized spacial score (nSPS) is 11.3. The highest BCUT2D eigenvalue weighted by Gasteiger charge is 2.17. The molecule has 4 aromatic rings. The second-order valence-corrected chi connectivity index (χ2v) is 8.41. The second-order valence-electron chi connectivity index (χ2n) is 5.75. The molecule has 0 fully saturated rings. The van der Waals surface area contributed by atoms with Crippen molar-refractivity contribution in [3.05, 3.63) is 72.0 Å². The Labute approximate surface area is 165 Å². The third-order valence-electron chi connectivity index (χ3n) is 3.95. The van der Waals surface area contributed by atoms with Gasteiger partial charge in [0.15, 0.2) is 0 Å². The average Bonchev–Trinajstić information content (AvgIpc) is 3.15. The zero-order chi connectivity index (χ0) is 18.4. The number of rotatable bonds is 3. The smallest absolute Gasteiger partial charge is 0.259 e. The van der Waals surface area contributed by atoms with Gasteiger partial charge in [0, 0.05) is 12.5 Å².